The van der Waals surface area contributed by atoms with Crippen LogP contribution in [0.2, 0.25) is 0 Å². The average molecular weight is 447 g/mol. The minimum Gasteiger partial charge on any atom is -0.310 e. The van der Waals surface area contributed by atoms with Crippen LogP contribution in [0.25, 0.3) is 5.95 Å². The Morgan fingerprint density at radius 1 is 1.03 bits per heavy atom. The van der Waals surface area contributed by atoms with Gasteiger partial charge in [0.2, 0.25) is 5.91 Å². The highest BCUT2D eigenvalue weighted by Crippen LogP contribution is 2.26. The van der Waals surface area contributed by atoms with E-state index in [-0.39, 0.29) is 36.1 Å². The lowest BCUT2D eigenvalue weighted by Crippen LogP contribution is -2.31. The molecule has 1 aliphatic heterocycles. The van der Waals surface area contributed by atoms with Gasteiger partial charge in [0.25, 0.3) is 17.8 Å². The van der Waals surface area contributed by atoms with Gasteiger partial charge in [-0.25, -0.2) is 9.97 Å². The fraction of sp³-hybridized carbons (Fsp3) is 0.333. The number of rotatable bonds is 6. The van der Waals surface area contributed by atoms with E-state index in [2.05, 4.69) is 20.4 Å². The van der Waals surface area contributed by atoms with Crippen molar-refractivity contribution in [3.63, 3.8) is 0 Å². The Morgan fingerprint density at radius 2 is 1.73 bits per heavy atom. The number of aromatic nitrogens is 4. The van der Waals surface area contributed by atoms with Gasteiger partial charge >= 0.3 is 0 Å². The van der Waals surface area contributed by atoms with Crippen LogP contribution in [0, 0.1) is 6.92 Å². The quantitative estimate of drug-likeness (QED) is 0.582. The number of fused-ring (bicyclic) bond motifs is 1. The SMILES string of the molecule is Cc1ccc2c(c1)C(=O)N(CCCC(=O)Nc1cc(C(C)(C)C)nn1-c1ncccn1)C2=O. The van der Waals surface area contributed by atoms with Gasteiger partial charge in [-0.3, -0.25) is 19.3 Å². The Bertz CT molecular complexity index is 1230. The molecule has 3 amide bonds. The lowest BCUT2D eigenvalue weighted by Gasteiger charge is -2.13. The number of anilines is 1. The molecular formula is C24H26N6O3. The largest absolute Gasteiger partial charge is 0.310 e. The summed E-state index contributed by atoms with van der Waals surface area (Å²) in [5.41, 5.74) is 2.31. The van der Waals surface area contributed by atoms with E-state index in [1.807, 2.05) is 33.8 Å². The molecule has 0 radical (unpaired) electrons. The third kappa shape index (κ3) is 4.52. The van der Waals surface area contributed by atoms with E-state index in [0.29, 0.717) is 29.3 Å². The van der Waals surface area contributed by atoms with Gasteiger partial charge < -0.3 is 5.32 Å². The molecule has 2 aromatic heterocycles. The number of nitrogens with zero attached hydrogens (tertiary/aromatic N) is 5. The summed E-state index contributed by atoms with van der Waals surface area (Å²) in [4.78, 5) is 47.5. The number of amides is 3. The van der Waals surface area contributed by atoms with E-state index in [1.54, 1.807) is 36.7 Å². The Kier molecular flexibility index (Phi) is 5.80. The Balaban J connectivity index is 1.42. The third-order valence-electron chi connectivity index (χ3n) is 5.40. The molecule has 9 heteroatoms. The van der Waals surface area contributed by atoms with Gasteiger partial charge in [-0.2, -0.15) is 9.78 Å². The Labute approximate surface area is 191 Å². The van der Waals surface area contributed by atoms with Gasteiger partial charge in [0.05, 0.1) is 16.8 Å². The molecule has 0 aliphatic carbocycles. The van der Waals surface area contributed by atoms with Crippen LogP contribution in [0.4, 0.5) is 5.82 Å². The maximum absolute atomic E-state index is 12.7. The highest BCUT2D eigenvalue weighted by atomic mass is 16.2. The second-order valence-corrected chi connectivity index (χ2v) is 9.09. The topological polar surface area (TPSA) is 110 Å². The smallest absolute Gasteiger partial charge is 0.261 e. The molecule has 1 aromatic carbocycles. The van der Waals surface area contributed by atoms with Gasteiger partial charge in [-0.05, 0) is 31.5 Å². The molecule has 3 heterocycles. The van der Waals surface area contributed by atoms with Crippen LogP contribution < -0.4 is 5.32 Å². The first-order chi connectivity index (χ1) is 15.6. The van der Waals surface area contributed by atoms with Crippen molar-refractivity contribution in [3.05, 3.63) is 65.1 Å². The number of aryl methyl sites for hydroxylation is 1. The van der Waals surface area contributed by atoms with Crippen molar-refractivity contribution in [2.24, 2.45) is 0 Å². The summed E-state index contributed by atoms with van der Waals surface area (Å²) in [5.74, 6) is -0.0605. The molecule has 0 spiro atoms. The predicted molar refractivity (Wildman–Crippen MR) is 122 cm³/mol. The summed E-state index contributed by atoms with van der Waals surface area (Å²) < 4.78 is 1.50. The van der Waals surface area contributed by atoms with Crippen molar-refractivity contribution in [2.45, 2.75) is 46.0 Å². The summed E-state index contributed by atoms with van der Waals surface area (Å²) >= 11 is 0. The fourth-order valence-corrected chi connectivity index (χ4v) is 3.60. The molecule has 0 bridgehead atoms. The lowest BCUT2D eigenvalue weighted by atomic mass is 9.92. The van der Waals surface area contributed by atoms with Gasteiger partial charge in [0.1, 0.15) is 5.82 Å². The predicted octanol–water partition coefficient (Wildman–Crippen LogP) is 3.28. The zero-order chi connectivity index (χ0) is 23.8. The summed E-state index contributed by atoms with van der Waals surface area (Å²) in [6, 6.07) is 8.72. The molecule has 3 aromatic rings. The first kappa shape index (κ1) is 22.3. The van der Waals surface area contributed by atoms with Crippen molar-refractivity contribution < 1.29 is 14.4 Å². The fourth-order valence-electron chi connectivity index (χ4n) is 3.60. The van der Waals surface area contributed by atoms with E-state index in [9.17, 15) is 14.4 Å². The summed E-state index contributed by atoms with van der Waals surface area (Å²) in [6.45, 7) is 8.14. The lowest BCUT2D eigenvalue weighted by molar-refractivity contribution is -0.116. The van der Waals surface area contributed by atoms with E-state index >= 15 is 0 Å². The Hall–Kier alpha value is -3.88. The first-order valence-electron chi connectivity index (χ1n) is 10.8. The van der Waals surface area contributed by atoms with Gasteiger partial charge in [0, 0.05) is 36.8 Å². The van der Waals surface area contributed by atoms with Gasteiger partial charge in [-0.15, -0.1) is 0 Å². The standard InChI is InChI=1S/C24H26N6O3/c1-15-8-9-16-17(13-15)22(33)29(21(16)32)12-5-7-20(31)27-19-14-18(24(2,3)4)28-30(19)23-25-10-6-11-26-23/h6,8-11,13-14H,5,7,12H2,1-4H3,(H,27,31). The Morgan fingerprint density at radius 3 is 2.42 bits per heavy atom. The summed E-state index contributed by atoms with van der Waals surface area (Å²) in [7, 11) is 0. The highest BCUT2D eigenvalue weighted by Gasteiger charge is 2.35. The minimum atomic E-state index is -0.315. The minimum absolute atomic E-state index is 0.137. The maximum Gasteiger partial charge on any atom is 0.261 e. The van der Waals surface area contributed by atoms with Crippen molar-refractivity contribution in [1.82, 2.24) is 24.6 Å². The van der Waals surface area contributed by atoms with Crippen LogP contribution in [0.5, 0.6) is 0 Å². The number of carbonyl (C=O) groups is 3. The van der Waals surface area contributed by atoms with Gasteiger partial charge in [-0.1, -0.05) is 32.4 Å². The zero-order valence-corrected chi connectivity index (χ0v) is 19.1. The highest BCUT2D eigenvalue weighted by molar-refractivity contribution is 6.21. The van der Waals surface area contributed by atoms with Crippen molar-refractivity contribution in [1.29, 1.82) is 0 Å². The van der Waals surface area contributed by atoms with Crippen LogP contribution in [0.1, 0.15) is 65.6 Å². The molecule has 170 valence electrons. The zero-order valence-electron chi connectivity index (χ0n) is 19.1. The van der Waals surface area contributed by atoms with E-state index in [1.165, 1.54) is 9.58 Å². The summed E-state index contributed by atoms with van der Waals surface area (Å²) in [5, 5.41) is 7.44. The van der Waals surface area contributed by atoms with Crippen molar-refractivity contribution in [2.75, 3.05) is 11.9 Å². The van der Waals surface area contributed by atoms with Gasteiger partial charge in [0.15, 0.2) is 0 Å². The number of nitrogens with one attached hydrogen (secondary N) is 1. The molecule has 1 aliphatic rings. The molecule has 0 fully saturated rings. The molecule has 0 atom stereocenters. The number of hydrogen-bond acceptors (Lipinski definition) is 6. The third-order valence-corrected chi connectivity index (χ3v) is 5.40. The monoisotopic (exact) mass is 446 g/mol. The molecule has 0 saturated heterocycles. The van der Waals surface area contributed by atoms with Crippen LogP contribution in [0.15, 0.2) is 42.7 Å². The number of benzene rings is 1. The number of imide groups is 1. The maximum atomic E-state index is 12.7. The molecule has 33 heavy (non-hydrogen) atoms. The van der Waals surface area contributed by atoms with Crippen molar-refractivity contribution in [3.8, 4) is 5.95 Å². The molecule has 4 rings (SSSR count). The first-order valence-corrected chi connectivity index (χ1v) is 10.8. The molecule has 9 nitrogen and oxygen atoms in total. The van der Waals surface area contributed by atoms with E-state index in [0.717, 1.165) is 11.3 Å². The average Bonchev–Trinajstić information content (AvgIpc) is 3.29. The molecule has 0 unspecified atom stereocenters. The van der Waals surface area contributed by atoms with E-state index < -0.39 is 0 Å². The molecular weight excluding hydrogens is 420 g/mol. The van der Waals surface area contributed by atoms with Crippen molar-refractivity contribution >= 4 is 23.5 Å². The van der Waals surface area contributed by atoms with Crippen LogP contribution in [-0.4, -0.2) is 48.9 Å². The van der Waals surface area contributed by atoms with Crippen LogP contribution >= 0.6 is 0 Å². The van der Waals surface area contributed by atoms with Crippen LogP contribution in [-0.2, 0) is 10.2 Å². The molecule has 0 saturated carbocycles. The van der Waals surface area contributed by atoms with Crippen LogP contribution in [0.3, 0.4) is 0 Å². The molecule has 1 N–H and O–H groups in total. The number of carbonyl (C=O) groups excluding carboxylic acids is 3. The second-order valence-electron chi connectivity index (χ2n) is 9.09. The van der Waals surface area contributed by atoms with E-state index in [4.69, 9.17) is 0 Å². The second kappa shape index (κ2) is 8.57. The normalized spacial score (nSPS) is 13.4. The summed E-state index contributed by atoms with van der Waals surface area (Å²) in [6.07, 6.45) is 3.70. The number of hydrogen-bond donors (Lipinski definition) is 1.